The molecule has 0 saturated carbocycles. The van der Waals surface area contributed by atoms with E-state index in [1.165, 1.54) is 0 Å². The van der Waals surface area contributed by atoms with Crippen molar-refractivity contribution in [2.45, 2.75) is 4.11 Å². The van der Waals surface area contributed by atoms with Gasteiger partial charge in [-0.2, -0.15) is 5.26 Å². The summed E-state index contributed by atoms with van der Waals surface area (Å²) in [4.78, 5) is 0. The monoisotopic (exact) mass is 323 g/mol. The van der Waals surface area contributed by atoms with Gasteiger partial charge in [0.15, 0.2) is 0 Å². The number of ether oxygens (including phenoxy) is 1. The summed E-state index contributed by atoms with van der Waals surface area (Å²) in [5.41, 5.74) is 1.62. The van der Waals surface area contributed by atoms with E-state index >= 15 is 0 Å². The van der Waals surface area contributed by atoms with Gasteiger partial charge in [0.05, 0.1) is 11.6 Å². The Bertz CT molecular complexity index is 559. The van der Waals surface area contributed by atoms with Crippen molar-refractivity contribution in [2.75, 3.05) is 7.11 Å². The zero-order valence-corrected chi connectivity index (χ0v) is 10.9. The van der Waals surface area contributed by atoms with Crippen LogP contribution in [0.5, 0.6) is 0 Å². The van der Waals surface area contributed by atoms with Crippen LogP contribution in [0.4, 0.5) is 0 Å². The highest BCUT2D eigenvalue weighted by molar-refractivity contribution is 14.1. The molecule has 16 heavy (non-hydrogen) atoms. The largest absolute Gasteiger partial charge is 0.366 e. The van der Waals surface area contributed by atoms with Gasteiger partial charge in [0.1, 0.15) is 4.11 Å². The summed E-state index contributed by atoms with van der Waals surface area (Å²) in [5, 5.41) is 11.3. The standard InChI is InChI=1S/C13H10INO/c1-16-13(14)12-7-10-5-3-2-4-9(10)6-11(12)8-15/h2-7,13H,1H3. The van der Waals surface area contributed by atoms with E-state index in [1.54, 1.807) is 7.11 Å². The maximum atomic E-state index is 9.11. The first-order valence-electron chi connectivity index (χ1n) is 4.86. The van der Waals surface area contributed by atoms with Gasteiger partial charge < -0.3 is 4.74 Å². The Kier molecular flexibility index (Phi) is 3.42. The van der Waals surface area contributed by atoms with Crippen molar-refractivity contribution in [3.8, 4) is 6.07 Å². The second kappa shape index (κ2) is 4.81. The van der Waals surface area contributed by atoms with Gasteiger partial charge >= 0.3 is 0 Å². The molecule has 0 spiro atoms. The smallest absolute Gasteiger partial charge is 0.134 e. The van der Waals surface area contributed by atoms with Gasteiger partial charge in [0, 0.05) is 12.7 Å². The predicted octanol–water partition coefficient (Wildman–Crippen LogP) is 3.79. The van der Waals surface area contributed by atoms with Crippen molar-refractivity contribution in [3.05, 3.63) is 47.5 Å². The van der Waals surface area contributed by atoms with E-state index < -0.39 is 0 Å². The zero-order valence-electron chi connectivity index (χ0n) is 8.77. The van der Waals surface area contributed by atoms with Crippen molar-refractivity contribution in [3.63, 3.8) is 0 Å². The highest BCUT2D eigenvalue weighted by Gasteiger charge is 2.12. The van der Waals surface area contributed by atoms with Crippen LogP contribution in [0.2, 0.25) is 0 Å². The van der Waals surface area contributed by atoms with Gasteiger partial charge in [0.2, 0.25) is 0 Å². The van der Waals surface area contributed by atoms with Crippen LogP contribution < -0.4 is 0 Å². The minimum Gasteiger partial charge on any atom is -0.366 e. The Balaban J connectivity index is 2.68. The number of rotatable bonds is 2. The first-order chi connectivity index (χ1) is 7.76. The van der Waals surface area contributed by atoms with E-state index in [2.05, 4.69) is 28.7 Å². The molecule has 1 atom stereocenters. The molecule has 0 amide bonds. The van der Waals surface area contributed by atoms with Crippen LogP contribution in [0.1, 0.15) is 15.2 Å². The summed E-state index contributed by atoms with van der Waals surface area (Å²) in [6, 6.07) is 14.2. The lowest BCUT2D eigenvalue weighted by molar-refractivity contribution is 0.188. The average molecular weight is 323 g/mol. The molecule has 2 rings (SSSR count). The molecule has 0 aliphatic heterocycles. The topological polar surface area (TPSA) is 33.0 Å². The third-order valence-electron chi connectivity index (χ3n) is 2.49. The normalized spacial score (nSPS) is 12.3. The van der Waals surface area contributed by atoms with Crippen LogP contribution in [0.25, 0.3) is 10.8 Å². The van der Waals surface area contributed by atoms with E-state index in [1.807, 2.05) is 36.4 Å². The molecule has 1 unspecified atom stereocenters. The van der Waals surface area contributed by atoms with Gasteiger partial charge in [-0.3, -0.25) is 0 Å². The SMILES string of the molecule is COC(I)c1cc2ccccc2cc1C#N. The zero-order chi connectivity index (χ0) is 11.5. The molecule has 2 aromatic carbocycles. The second-order valence-corrected chi connectivity index (χ2v) is 4.58. The maximum Gasteiger partial charge on any atom is 0.134 e. The van der Waals surface area contributed by atoms with Crippen molar-refractivity contribution < 1.29 is 4.74 Å². The lowest BCUT2D eigenvalue weighted by atomic mass is 10.0. The third kappa shape index (κ3) is 2.04. The molecule has 0 radical (unpaired) electrons. The molecule has 0 saturated heterocycles. The highest BCUT2D eigenvalue weighted by atomic mass is 127. The number of halogens is 1. The minimum atomic E-state index is -0.0862. The number of alkyl halides is 1. The maximum absolute atomic E-state index is 9.11. The van der Waals surface area contributed by atoms with Crippen LogP contribution >= 0.6 is 22.6 Å². The summed E-state index contributed by atoms with van der Waals surface area (Å²) in [7, 11) is 1.65. The molecule has 2 aromatic rings. The van der Waals surface area contributed by atoms with Gasteiger partial charge in [-0.05, 0) is 45.5 Å². The van der Waals surface area contributed by atoms with Crippen LogP contribution in [-0.2, 0) is 4.74 Å². The van der Waals surface area contributed by atoms with Gasteiger partial charge in [0.25, 0.3) is 0 Å². The molecule has 0 aliphatic carbocycles. The lowest BCUT2D eigenvalue weighted by Crippen LogP contribution is -1.96. The number of hydrogen-bond acceptors (Lipinski definition) is 2. The van der Waals surface area contributed by atoms with Crippen molar-refractivity contribution in [2.24, 2.45) is 0 Å². The molecule has 0 aromatic heterocycles. The Morgan fingerprint density at radius 3 is 2.44 bits per heavy atom. The summed E-state index contributed by atoms with van der Waals surface area (Å²) < 4.78 is 5.18. The van der Waals surface area contributed by atoms with Crippen LogP contribution in [-0.4, -0.2) is 7.11 Å². The van der Waals surface area contributed by atoms with Crippen molar-refractivity contribution >= 4 is 33.4 Å². The number of nitriles is 1. The van der Waals surface area contributed by atoms with E-state index in [9.17, 15) is 0 Å². The van der Waals surface area contributed by atoms with Crippen LogP contribution in [0, 0.1) is 11.3 Å². The Morgan fingerprint density at radius 2 is 1.88 bits per heavy atom. The van der Waals surface area contributed by atoms with Crippen molar-refractivity contribution in [1.82, 2.24) is 0 Å². The van der Waals surface area contributed by atoms with Gasteiger partial charge in [-0.15, -0.1) is 0 Å². The Labute approximate surface area is 108 Å². The fourth-order valence-electron chi connectivity index (χ4n) is 1.67. The number of benzene rings is 2. The summed E-state index contributed by atoms with van der Waals surface area (Å²) in [5.74, 6) is 0. The summed E-state index contributed by atoms with van der Waals surface area (Å²) in [6.07, 6.45) is 0. The minimum absolute atomic E-state index is 0.0862. The molecule has 0 N–H and O–H groups in total. The highest BCUT2D eigenvalue weighted by Crippen LogP contribution is 2.30. The van der Waals surface area contributed by atoms with E-state index in [-0.39, 0.29) is 4.11 Å². The molecule has 0 fully saturated rings. The van der Waals surface area contributed by atoms with E-state index in [0.717, 1.165) is 16.3 Å². The lowest BCUT2D eigenvalue weighted by Gasteiger charge is -2.11. The first-order valence-corrected chi connectivity index (χ1v) is 6.10. The molecule has 0 bridgehead atoms. The van der Waals surface area contributed by atoms with E-state index in [4.69, 9.17) is 10.00 Å². The molecule has 3 heteroatoms. The molecular formula is C13H10INO. The first kappa shape index (κ1) is 11.4. The molecule has 80 valence electrons. The van der Waals surface area contributed by atoms with Crippen molar-refractivity contribution in [1.29, 1.82) is 5.26 Å². The summed E-state index contributed by atoms with van der Waals surface area (Å²) in [6.45, 7) is 0. The number of hydrogen-bond donors (Lipinski definition) is 0. The van der Waals surface area contributed by atoms with E-state index in [0.29, 0.717) is 5.56 Å². The quantitative estimate of drug-likeness (QED) is 0.622. The fraction of sp³-hybridized carbons (Fsp3) is 0.154. The molecule has 0 heterocycles. The van der Waals surface area contributed by atoms with Crippen LogP contribution in [0.3, 0.4) is 0 Å². The number of nitrogens with zero attached hydrogens (tertiary/aromatic N) is 1. The summed E-state index contributed by atoms with van der Waals surface area (Å²) >= 11 is 2.18. The predicted molar refractivity (Wildman–Crippen MR) is 72.4 cm³/mol. The fourth-order valence-corrected chi connectivity index (χ4v) is 2.18. The number of methoxy groups -OCH3 is 1. The Hall–Kier alpha value is -1.12. The molecule has 2 nitrogen and oxygen atoms in total. The average Bonchev–Trinajstić information content (AvgIpc) is 2.36. The third-order valence-corrected chi connectivity index (χ3v) is 3.67. The molecular weight excluding hydrogens is 313 g/mol. The van der Waals surface area contributed by atoms with Crippen LogP contribution in [0.15, 0.2) is 36.4 Å². The molecule has 0 aliphatic rings. The van der Waals surface area contributed by atoms with Gasteiger partial charge in [-0.1, -0.05) is 24.3 Å². The van der Waals surface area contributed by atoms with Gasteiger partial charge in [-0.25, -0.2) is 0 Å². The number of fused-ring (bicyclic) bond motifs is 1. The Morgan fingerprint density at radius 1 is 1.25 bits per heavy atom. The second-order valence-electron chi connectivity index (χ2n) is 3.45.